The van der Waals surface area contributed by atoms with E-state index in [1.54, 1.807) is 26.5 Å². The van der Waals surface area contributed by atoms with Crippen molar-refractivity contribution in [3.8, 4) is 11.5 Å². The van der Waals surface area contributed by atoms with Gasteiger partial charge in [0.1, 0.15) is 6.54 Å². The van der Waals surface area contributed by atoms with Crippen LogP contribution >= 0.6 is 0 Å². The average Bonchev–Trinajstić information content (AvgIpc) is 3.12. The van der Waals surface area contributed by atoms with Crippen LogP contribution < -0.4 is 15.2 Å². The molecule has 1 aromatic heterocycles. The van der Waals surface area contributed by atoms with Crippen molar-refractivity contribution < 1.29 is 14.3 Å². The maximum absolute atomic E-state index is 12.5. The number of ether oxygens (including phenoxy) is 2. The fourth-order valence-corrected chi connectivity index (χ4v) is 3.32. The van der Waals surface area contributed by atoms with E-state index in [1.807, 2.05) is 23.1 Å². The second-order valence-electron chi connectivity index (χ2n) is 6.42. The van der Waals surface area contributed by atoms with Crippen LogP contribution in [-0.2, 0) is 17.8 Å². The molecule has 1 atom stereocenters. The number of carbonyl (C=O) groups is 1. The van der Waals surface area contributed by atoms with Crippen LogP contribution in [0.4, 0.5) is 0 Å². The summed E-state index contributed by atoms with van der Waals surface area (Å²) in [5.41, 5.74) is 0.757. The molecule has 0 bridgehead atoms. The van der Waals surface area contributed by atoms with Gasteiger partial charge in [0.2, 0.25) is 5.91 Å². The maximum Gasteiger partial charge on any atom is 0.347 e. The van der Waals surface area contributed by atoms with Crippen molar-refractivity contribution >= 4 is 5.91 Å². The molecule has 2 aromatic rings. The van der Waals surface area contributed by atoms with Crippen LogP contribution in [0.3, 0.4) is 0 Å². The predicted molar refractivity (Wildman–Crippen MR) is 96.4 cm³/mol. The number of rotatable bonds is 6. The molecule has 0 saturated carbocycles. The summed E-state index contributed by atoms with van der Waals surface area (Å²) in [5.74, 6) is 1.77. The first-order chi connectivity index (χ1) is 12.6. The Balaban J connectivity index is 1.59. The van der Waals surface area contributed by atoms with Gasteiger partial charge in [0.15, 0.2) is 11.5 Å². The van der Waals surface area contributed by atoms with E-state index in [0.29, 0.717) is 30.5 Å². The lowest BCUT2D eigenvalue weighted by Crippen LogP contribution is -2.35. The topological polar surface area (TPSA) is 73.7 Å². The molecule has 7 nitrogen and oxygen atoms in total. The minimum absolute atomic E-state index is 0.0375. The Labute approximate surface area is 152 Å². The third-order valence-corrected chi connectivity index (χ3v) is 4.70. The van der Waals surface area contributed by atoms with E-state index in [1.165, 1.54) is 10.8 Å². The molecule has 3 rings (SSSR count). The molecule has 0 spiro atoms. The van der Waals surface area contributed by atoms with Gasteiger partial charge in [0.25, 0.3) is 0 Å². The Morgan fingerprint density at radius 1 is 1.27 bits per heavy atom. The van der Waals surface area contributed by atoms with Gasteiger partial charge in [-0.3, -0.25) is 9.36 Å². The average molecular weight is 357 g/mol. The molecule has 26 heavy (non-hydrogen) atoms. The molecule has 2 heterocycles. The number of amides is 1. The molecule has 0 N–H and O–H groups in total. The first kappa shape index (κ1) is 18.0. The van der Waals surface area contributed by atoms with Crippen molar-refractivity contribution in [1.82, 2.24) is 14.5 Å². The van der Waals surface area contributed by atoms with E-state index in [9.17, 15) is 9.59 Å². The zero-order valence-electron chi connectivity index (χ0n) is 15.1. The van der Waals surface area contributed by atoms with Crippen LogP contribution in [0.15, 0.2) is 41.5 Å². The largest absolute Gasteiger partial charge is 0.493 e. The normalized spacial score (nSPS) is 16.5. The fourth-order valence-electron chi connectivity index (χ4n) is 3.32. The number of methoxy groups -OCH3 is 2. The highest BCUT2D eigenvalue weighted by molar-refractivity contribution is 5.76. The second kappa shape index (κ2) is 8.03. The first-order valence-corrected chi connectivity index (χ1v) is 8.61. The summed E-state index contributed by atoms with van der Waals surface area (Å²) in [4.78, 5) is 29.6. The van der Waals surface area contributed by atoms with Crippen molar-refractivity contribution in [2.75, 3.05) is 27.3 Å². The van der Waals surface area contributed by atoms with Crippen molar-refractivity contribution in [2.45, 2.75) is 19.4 Å². The zero-order chi connectivity index (χ0) is 18.5. The fraction of sp³-hybridized carbons (Fsp3) is 0.421. The highest BCUT2D eigenvalue weighted by Gasteiger charge is 2.26. The maximum atomic E-state index is 12.5. The molecule has 138 valence electrons. The lowest BCUT2D eigenvalue weighted by atomic mass is 9.98. The molecular weight excluding hydrogens is 334 g/mol. The van der Waals surface area contributed by atoms with Gasteiger partial charge in [-0.05, 0) is 42.5 Å². The molecule has 1 unspecified atom stereocenters. The Hall–Kier alpha value is -2.83. The number of hydrogen-bond acceptors (Lipinski definition) is 5. The lowest BCUT2D eigenvalue weighted by molar-refractivity contribution is -0.131. The van der Waals surface area contributed by atoms with Crippen LogP contribution in [0, 0.1) is 5.92 Å². The van der Waals surface area contributed by atoms with Gasteiger partial charge in [-0.25, -0.2) is 9.78 Å². The van der Waals surface area contributed by atoms with Gasteiger partial charge in [0.05, 0.1) is 14.2 Å². The Morgan fingerprint density at radius 3 is 2.81 bits per heavy atom. The van der Waals surface area contributed by atoms with E-state index >= 15 is 0 Å². The third-order valence-electron chi connectivity index (χ3n) is 4.70. The second-order valence-corrected chi connectivity index (χ2v) is 6.42. The number of carbonyl (C=O) groups excluding carboxylic acids is 1. The van der Waals surface area contributed by atoms with Gasteiger partial charge < -0.3 is 14.4 Å². The van der Waals surface area contributed by atoms with Crippen LogP contribution in [-0.4, -0.2) is 47.7 Å². The van der Waals surface area contributed by atoms with Crippen LogP contribution in [0.25, 0.3) is 0 Å². The van der Waals surface area contributed by atoms with Gasteiger partial charge in [0, 0.05) is 25.5 Å². The first-order valence-electron chi connectivity index (χ1n) is 8.61. The number of benzene rings is 1. The summed E-state index contributed by atoms with van der Waals surface area (Å²) in [6.07, 6.45) is 4.84. The van der Waals surface area contributed by atoms with E-state index in [0.717, 1.165) is 18.4 Å². The molecule has 0 aliphatic carbocycles. The van der Waals surface area contributed by atoms with Gasteiger partial charge in [-0.15, -0.1) is 0 Å². The molecule has 1 amide bonds. The van der Waals surface area contributed by atoms with Crippen LogP contribution in [0.5, 0.6) is 11.5 Å². The van der Waals surface area contributed by atoms with Gasteiger partial charge in [-0.2, -0.15) is 0 Å². The molecular formula is C19H23N3O4. The number of aromatic nitrogens is 2. The van der Waals surface area contributed by atoms with Crippen molar-refractivity contribution in [1.29, 1.82) is 0 Å². The Bertz CT molecular complexity index is 834. The quantitative estimate of drug-likeness (QED) is 0.780. The SMILES string of the molecule is COc1ccc(CC2CCN(C(=O)Cn3cccnc3=O)C2)cc1OC. The monoisotopic (exact) mass is 357 g/mol. The smallest absolute Gasteiger partial charge is 0.347 e. The lowest BCUT2D eigenvalue weighted by Gasteiger charge is -2.17. The summed E-state index contributed by atoms with van der Waals surface area (Å²) in [6.45, 7) is 1.45. The van der Waals surface area contributed by atoms with E-state index < -0.39 is 5.69 Å². The number of likely N-dealkylation sites (tertiary alicyclic amines) is 1. The predicted octanol–water partition coefficient (Wildman–Crippen LogP) is 1.35. The van der Waals surface area contributed by atoms with Crippen LogP contribution in [0.2, 0.25) is 0 Å². The molecule has 7 heteroatoms. The highest BCUT2D eigenvalue weighted by Crippen LogP contribution is 2.30. The zero-order valence-corrected chi connectivity index (χ0v) is 15.1. The molecule has 1 aliphatic heterocycles. The minimum atomic E-state index is -0.401. The summed E-state index contributed by atoms with van der Waals surface area (Å²) in [7, 11) is 3.24. The standard InChI is InChI=1S/C19H23N3O4/c1-25-16-5-4-14(11-17(16)26-2)10-15-6-9-21(12-15)18(23)13-22-8-3-7-20-19(22)24/h3-5,7-8,11,15H,6,9-10,12-13H2,1-2H3. The summed E-state index contributed by atoms with van der Waals surface area (Å²) in [6, 6.07) is 7.57. The van der Waals surface area contributed by atoms with E-state index in [-0.39, 0.29) is 12.5 Å². The molecule has 1 aromatic carbocycles. The van der Waals surface area contributed by atoms with Crippen molar-refractivity contribution in [3.63, 3.8) is 0 Å². The van der Waals surface area contributed by atoms with Gasteiger partial charge >= 0.3 is 5.69 Å². The van der Waals surface area contributed by atoms with Crippen molar-refractivity contribution in [2.24, 2.45) is 5.92 Å². The minimum Gasteiger partial charge on any atom is -0.493 e. The van der Waals surface area contributed by atoms with E-state index in [2.05, 4.69) is 4.98 Å². The number of hydrogen-bond donors (Lipinski definition) is 0. The molecule has 0 radical (unpaired) electrons. The number of nitrogens with zero attached hydrogens (tertiary/aromatic N) is 3. The molecule has 1 fully saturated rings. The van der Waals surface area contributed by atoms with Crippen molar-refractivity contribution in [3.05, 3.63) is 52.7 Å². The summed E-state index contributed by atoms with van der Waals surface area (Å²) in [5, 5.41) is 0. The molecule has 1 saturated heterocycles. The molecule has 1 aliphatic rings. The van der Waals surface area contributed by atoms with E-state index in [4.69, 9.17) is 9.47 Å². The summed E-state index contributed by atoms with van der Waals surface area (Å²) >= 11 is 0. The van der Waals surface area contributed by atoms with Gasteiger partial charge in [-0.1, -0.05) is 6.07 Å². The Morgan fingerprint density at radius 2 is 2.08 bits per heavy atom. The summed E-state index contributed by atoms with van der Waals surface area (Å²) < 4.78 is 12.0. The Kier molecular flexibility index (Phi) is 5.55. The van der Waals surface area contributed by atoms with Crippen LogP contribution in [0.1, 0.15) is 12.0 Å². The third kappa shape index (κ3) is 4.04. The highest BCUT2D eigenvalue weighted by atomic mass is 16.5.